The van der Waals surface area contributed by atoms with Crippen LogP contribution in [0.15, 0.2) is 16.8 Å². The van der Waals surface area contributed by atoms with Crippen molar-refractivity contribution < 1.29 is 0 Å². The highest BCUT2D eigenvalue weighted by atomic mass is 32.1. The van der Waals surface area contributed by atoms with Crippen molar-refractivity contribution in [2.24, 2.45) is 0 Å². The number of unbranched alkanes of at least 4 members (excludes halogenated alkanes) is 1. The van der Waals surface area contributed by atoms with Crippen LogP contribution < -0.4 is 0 Å². The first kappa shape index (κ1) is 10.7. The minimum absolute atomic E-state index is 0.687. The quantitative estimate of drug-likeness (QED) is 0.689. The molecule has 1 saturated carbocycles. The van der Waals surface area contributed by atoms with E-state index < -0.39 is 0 Å². The zero-order chi connectivity index (χ0) is 10.5. The molecule has 1 aliphatic carbocycles. The van der Waals surface area contributed by atoms with Gasteiger partial charge in [0, 0.05) is 19.0 Å². The standard InChI is InChI=1S/C12H16N2S/c13-6-1-2-7-14(12-3-4-12)9-11-5-8-15-10-11/h5,8,10,12H,1-4,7,9H2. The molecule has 0 unspecified atom stereocenters. The molecule has 0 bridgehead atoms. The van der Waals surface area contributed by atoms with E-state index in [1.54, 1.807) is 11.3 Å². The zero-order valence-corrected chi connectivity index (χ0v) is 9.67. The number of nitriles is 1. The molecule has 3 heteroatoms. The summed E-state index contributed by atoms with van der Waals surface area (Å²) in [6.07, 6.45) is 4.39. The Bertz CT molecular complexity index is 322. The van der Waals surface area contributed by atoms with Gasteiger partial charge in [-0.1, -0.05) is 0 Å². The van der Waals surface area contributed by atoms with Gasteiger partial charge in [-0.15, -0.1) is 0 Å². The molecule has 0 aliphatic heterocycles. The summed E-state index contributed by atoms with van der Waals surface area (Å²) in [4.78, 5) is 2.53. The van der Waals surface area contributed by atoms with Gasteiger partial charge in [-0.25, -0.2) is 0 Å². The third kappa shape index (κ3) is 3.33. The van der Waals surface area contributed by atoms with E-state index in [0.29, 0.717) is 6.42 Å². The van der Waals surface area contributed by atoms with Crippen LogP contribution in [-0.2, 0) is 6.54 Å². The highest BCUT2D eigenvalue weighted by Crippen LogP contribution is 2.28. The minimum atomic E-state index is 0.687. The molecule has 0 N–H and O–H groups in total. The lowest BCUT2D eigenvalue weighted by molar-refractivity contribution is 0.253. The lowest BCUT2D eigenvalue weighted by Gasteiger charge is -2.20. The maximum absolute atomic E-state index is 8.52. The second-order valence-corrected chi connectivity index (χ2v) is 4.87. The van der Waals surface area contributed by atoms with Gasteiger partial charge in [0.1, 0.15) is 0 Å². The molecule has 15 heavy (non-hydrogen) atoms. The maximum atomic E-state index is 8.52. The Kier molecular flexibility index (Phi) is 3.76. The van der Waals surface area contributed by atoms with Crippen molar-refractivity contribution in [3.63, 3.8) is 0 Å². The molecule has 2 rings (SSSR count). The summed E-state index contributed by atoms with van der Waals surface area (Å²) in [7, 11) is 0. The summed E-state index contributed by atoms with van der Waals surface area (Å²) >= 11 is 1.76. The molecular weight excluding hydrogens is 204 g/mol. The van der Waals surface area contributed by atoms with E-state index in [-0.39, 0.29) is 0 Å². The molecule has 1 heterocycles. The predicted molar refractivity (Wildman–Crippen MR) is 62.6 cm³/mol. The molecule has 0 saturated heterocycles. The highest BCUT2D eigenvalue weighted by molar-refractivity contribution is 7.07. The third-order valence-corrected chi connectivity index (χ3v) is 3.49. The van der Waals surface area contributed by atoms with Gasteiger partial charge < -0.3 is 0 Å². The van der Waals surface area contributed by atoms with Crippen molar-refractivity contribution >= 4 is 11.3 Å². The van der Waals surface area contributed by atoms with Gasteiger partial charge in [-0.05, 0) is 48.2 Å². The second kappa shape index (κ2) is 5.29. The average Bonchev–Trinajstić information content (AvgIpc) is 2.97. The number of rotatable bonds is 6. The topological polar surface area (TPSA) is 27.0 Å². The van der Waals surface area contributed by atoms with Crippen LogP contribution in [-0.4, -0.2) is 17.5 Å². The number of nitrogens with zero attached hydrogens (tertiary/aromatic N) is 2. The lowest BCUT2D eigenvalue weighted by Crippen LogP contribution is -2.26. The Balaban J connectivity index is 1.81. The molecule has 80 valence electrons. The second-order valence-electron chi connectivity index (χ2n) is 4.09. The Hall–Kier alpha value is -0.850. The Labute approximate surface area is 95.1 Å². The molecule has 1 aromatic rings. The van der Waals surface area contributed by atoms with Crippen molar-refractivity contribution in [2.45, 2.75) is 38.3 Å². The van der Waals surface area contributed by atoms with Gasteiger partial charge in [0.15, 0.2) is 0 Å². The average molecular weight is 220 g/mol. The van der Waals surface area contributed by atoms with E-state index in [1.807, 2.05) is 0 Å². The predicted octanol–water partition coefficient (Wildman–Crippen LogP) is 3.02. The van der Waals surface area contributed by atoms with E-state index in [2.05, 4.69) is 27.8 Å². The summed E-state index contributed by atoms with van der Waals surface area (Å²) in [5.74, 6) is 0. The summed E-state index contributed by atoms with van der Waals surface area (Å²) in [6.45, 7) is 2.15. The van der Waals surface area contributed by atoms with Gasteiger partial charge in [0.25, 0.3) is 0 Å². The SMILES string of the molecule is N#CCCCN(Cc1ccsc1)C1CC1. The van der Waals surface area contributed by atoms with Crippen LogP contribution in [0.1, 0.15) is 31.2 Å². The van der Waals surface area contributed by atoms with Gasteiger partial charge in [0.2, 0.25) is 0 Å². The highest BCUT2D eigenvalue weighted by Gasteiger charge is 2.28. The Morgan fingerprint density at radius 1 is 1.53 bits per heavy atom. The first-order chi connectivity index (χ1) is 7.40. The lowest BCUT2D eigenvalue weighted by atomic mass is 10.2. The smallest absolute Gasteiger partial charge is 0.0622 e. The minimum Gasteiger partial charge on any atom is -0.296 e. The van der Waals surface area contributed by atoms with Crippen LogP contribution in [0.5, 0.6) is 0 Å². The monoisotopic (exact) mass is 220 g/mol. The molecule has 2 nitrogen and oxygen atoms in total. The third-order valence-electron chi connectivity index (χ3n) is 2.76. The van der Waals surface area contributed by atoms with Gasteiger partial charge in [-0.2, -0.15) is 16.6 Å². The van der Waals surface area contributed by atoms with E-state index in [4.69, 9.17) is 5.26 Å². The fourth-order valence-corrected chi connectivity index (χ4v) is 2.47. The first-order valence-electron chi connectivity index (χ1n) is 5.52. The molecule has 0 amide bonds. The summed E-state index contributed by atoms with van der Waals surface area (Å²) in [6, 6.07) is 5.21. The molecule has 1 aromatic heterocycles. The molecule has 1 fully saturated rings. The van der Waals surface area contributed by atoms with Crippen LogP contribution in [0.3, 0.4) is 0 Å². The van der Waals surface area contributed by atoms with E-state index in [1.165, 1.54) is 18.4 Å². The van der Waals surface area contributed by atoms with Gasteiger partial charge in [-0.3, -0.25) is 4.90 Å². The van der Waals surface area contributed by atoms with Gasteiger partial charge in [0.05, 0.1) is 6.07 Å². The number of hydrogen-bond donors (Lipinski definition) is 0. The van der Waals surface area contributed by atoms with Crippen LogP contribution in [0.4, 0.5) is 0 Å². The summed E-state index contributed by atoms with van der Waals surface area (Å²) < 4.78 is 0. The van der Waals surface area contributed by atoms with E-state index in [9.17, 15) is 0 Å². The molecule has 0 radical (unpaired) electrons. The summed E-state index contributed by atoms with van der Waals surface area (Å²) in [5, 5.41) is 12.9. The van der Waals surface area contributed by atoms with Crippen LogP contribution >= 0.6 is 11.3 Å². The fourth-order valence-electron chi connectivity index (χ4n) is 1.81. The van der Waals surface area contributed by atoms with Crippen LogP contribution in [0.2, 0.25) is 0 Å². The molecule has 1 aliphatic rings. The Morgan fingerprint density at radius 2 is 2.40 bits per heavy atom. The van der Waals surface area contributed by atoms with Crippen molar-refractivity contribution in [2.75, 3.05) is 6.54 Å². The van der Waals surface area contributed by atoms with Crippen LogP contribution in [0.25, 0.3) is 0 Å². The van der Waals surface area contributed by atoms with Crippen molar-refractivity contribution in [3.05, 3.63) is 22.4 Å². The number of thiophene rings is 1. The molecular formula is C12H16N2S. The van der Waals surface area contributed by atoms with Crippen molar-refractivity contribution in [1.29, 1.82) is 5.26 Å². The first-order valence-corrected chi connectivity index (χ1v) is 6.46. The fraction of sp³-hybridized carbons (Fsp3) is 0.583. The van der Waals surface area contributed by atoms with Crippen molar-refractivity contribution in [3.8, 4) is 6.07 Å². The normalized spacial score (nSPS) is 15.5. The largest absolute Gasteiger partial charge is 0.296 e. The maximum Gasteiger partial charge on any atom is 0.0622 e. The molecule has 0 spiro atoms. The molecule has 0 aromatic carbocycles. The van der Waals surface area contributed by atoms with Crippen LogP contribution in [0, 0.1) is 11.3 Å². The number of hydrogen-bond acceptors (Lipinski definition) is 3. The zero-order valence-electron chi connectivity index (χ0n) is 8.85. The van der Waals surface area contributed by atoms with Gasteiger partial charge >= 0.3 is 0 Å². The van der Waals surface area contributed by atoms with Crippen molar-refractivity contribution in [1.82, 2.24) is 4.90 Å². The van der Waals surface area contributed by atoms with E-state index >= 15 is 0 Å². The van der Waals surface area contributed by atoms with E-state index in [0.717, 1.165) is 25.6 Å². The Morgan fingerprint density at radius 3 is 3.00 bits per heavy atom. The molecule has 0 atom stereocenters. The summed E-state index contributed by atoms with van der Waals surface area (Å²) in [5.41, 5.74) is 1.42.